The summed E-state index contributed by atoms with van der Waals surface area (Å²) in [6.07, 6.45) is 5.20. The zero-order valence-electron chi connectivity index (χ0n) is 11.6. The fraction of sp³-hybridized carbons (Fsp3) is 0.571. The number of aromatic nitrogens is 1. The highest BCUT2D eigenvalue weighted by molar-refractivity contribution is 7.89. The Morgan fingerprint density at radius 3 is 3.00 bits per heavy atom. The Kier molecular flexibility index (Phi) is 3.93. The van der Waals surface area contributed by atoms with Crippen LogP contribution < -0.4 is 0 Å². The second-order valence-corrected chi connectivity index (χ2v) is 7.20. The van der Waals surface area contributed by atoms with Gasteiger partial charge in [0.25, 0.3) is 0 Å². The van der Waals surface area contributed by atoms with Crippen molar-refractivity contribution in [2.24, 2.45) is 0 Å². The van der Waals surface area contributed by atoms with Crippen molar-refractivity contribution in [3.05, 3.63) is 24.0 Å². The van der Waals surface area contributed by atoms with Gasteiger partial charge in [-0.2, -0.15) is 9.57 Å². The molecular formula is C14H17N3O3S. The Balaban J connectivity index is 1.99. The van der Waals surface area contributed by atoms with E-state index in [-0.39, 0.29) is 22.7 Å². The van der Waals surface area contributed by atoms with Crippen molar-refractivity contribution in [3.8, 4) is 6.07 Å². The number of nitrogens with zero attached hydrogens (tertiary/aromatic N) is 3. The van der Waals surface area contributed by atoms with Gasteiger partial charge in [-0.3, -0.25) is 0 Å². The number of nitriles is 1. The summed E-state index contributed by atoms with van der Waals surface area (Å²) in [5.74, 6) is 0. The van der Waals surface area contributed by atoms with Gasteiger partial charge in [-0.25, -0.2) is 13.4 Å². The van der Waals surface area contributed by atoms with Gasteiger partial charge in [-0.1, -0.05) is 12.8 Å². The highest BCUT2D eigenvalue weighted by Crippen LogP contribution is 2.32. The van der Waals surface area contributed by atoms with Crippen LogP contribution in [0.3, 0.4) is 0 Å². The molecule has 1 aliphatic carbocycles. The highest BCUT2D eigenvalue weighted by atomic mass is 32.2. The molecular weight excluding hydrogens is 290 g/mol. The van der Waals surface area contributed by atoms with Crippen LogP contribution in [0.5, 0.6) is 0 Å². The maximum Gasteiger partial charge on any atom is 0.246 e. The molecule has 1 saturated carbocycles. The number of fused-ring (bicyclic) bond motifs is 1. The molecule has 0 unspecified atom stereocenters. The lowest BCUT2D eigenvalue weighted by molar-refractivity contribution is -0.0586. The van der Waals surface area contributed by atoms with E-state index < -0.39 is 10.0 Å². The van der Waals surface area contributed by atoms with E-state index in [2.05, 4.69) is 4.98 Å². The molecule has 1 saturated heterocycles. The minimum Gasteiger partial charge on any atom is -0.375 e. The summed E-state index contributed by atoms with van der Waals surface area (Å²) in [6, 6.07) is 4.74. The van der Waals surface area contributed by atoms with Crippen LogP contribution in [0.2, 0.25) is 0 Å². The van der Waals surface area contributed by atoms with Crippen molar-refractivity contribution in [2.75, 3.05) is 13.2 Å². The first-order chi connectivity index (χ1) is 10.1. The molecule has 6 nitrogen and oxygen atoms in total. The molecule has 0 bridgehead atoms. The van der Waals surface area contributed by atoms with Gasteiger partial charge in [0.15, 0.2) is 5.69 Å². The molecule has 1 aromatic heterocycles. The number of sulfonamides is 1. The lowest BCUT2D eigenvalue weighted by Crippen LogP contribution is -2.54. The summed E-state index contributed by atoms with van der Waals surface area (Å²) in [5, 5.41) is 9.09. The average Bonchev–Trinajstić information content (AvgIpc) is 2.54. The third-order valence-corrected chi connectivity index (χ3v) is 6.10. The first-order valence-electron chi connectivity index (χ1n) is 7.13. The first-order valence-corrected chi connectivity index (χ1v) is 8.57. The molecule has 0 N–H and O–H groups in total. The number of hydrogen-bond donors (Lipinski definition) is 0. The van der Waals surface area contributed by atoms with E-state index in [0.717, 1.165) is 25.7 Å². The lowest BCUT2D eigenvalue weighted by atomic mass is 9.91. The van der Waals surface area contributed by atoms with Gasteiger partial charge in [0.2, 0.25) is 10.0 Å². The van der Waals surface area contributed by atoms with Crippen LogP contribution in [0.4, 0.5) is 0 Å². The normalized spacial score (nSPS) is 26.8. The summed E-state index contributed by atoms with van der Waals surface area (Å²) >= 11 is 0. The predicted molar refractivity (Wildman–Crippen MR) is 74.8 cm³/mol. The van der Waals surface area contributed by atoms with Gasteiger partial charge in [-0.05, 0) is 25.0 Å². The SMILES string of the molecule is N#Cc1ncccc1S(=O)(=O)N1CCO[C@H]2CCCC[C@@H]21. The van der Waals surface area contributed by atoms with Gasteiger partial charge in [-0.15, -0.1) is 0 Å². The molecule has 1 aliphatic heterocycles. The smallest absolute Gasteiger partial charge is 0.246 e. The van der Waals surface area contributed by atoms with E-state index in [0.29, 0.717) is 13.2 Å². The number of morpholine rings is 1. The van der Waals surface area contributed by atoms with Crippen LogP contribution in [0.15, 0.2) is 23.2 Å². The highest BCUT2D eigenvalue weighted by Gasteiger charge is 2.41. The van der Waals surface area contributed by atoms with Crippen molar-refractivity contribution in [1.29, 1.82) is 5.26 Å². The summed E-state index contributed by atoms with van der Waals surface area (Å²) in [4.78, 5) is 3.86. The third-order valence-electron chi connectivity index (χ3n) is 4.14. The van der Waals surface area contributed by atoms with E-state index in [9.17, 15) is 8.42 Å². The molecule has 2 atom stereocenters. The topological polar surface area (TPSA) is 83.3 Å². The van der Waals surface area contributed by atoms with Crippen LogP contribution in [0.25, 0.3) is 0 Å². The second kappa shape index (κ2) is 5.72. The quantitative estimate of drug-likeness (QED) is 0.822. The number of hydrogen-bond acceptors (Lipinski definition) is 5. The van der Waals surface area contributed by atoms with Crippen LogP contribution in [-0.4, -0.2) is 43.0 Å². The lowest BCUT2D eigenvalue weighted by Gasteiger charge is -2.42. The van der Waals surface area contributed by atoms with Crippen LogP contribution >= 0.6 is 0 Å². The summed E-state index contributed by atoms with van der Waals surface area (Å²) in [6.45, 7) is 0.742. The molecule has 2 aliphatic rings. The number of pyridine rings is 1. The van der Waals surface area contributed by atoms with Crippen LogP contribution in [-0.2, 0) is 14.8 Å². The van der Waals surface area contributed by atoms with E-state index in [1.165, 1.54) is 16.6 Å². The molecule has 3 rings (SSSR count). The Hall–Kier alpha value is -1.49. The van der Waals surface area contributed by atoms with Crippen LogP contribution in [0, 0.1) is 11.3 Å². The average molecular weight is 307 g/mol. The van der Waals surface area contributed by atoms with Gasteiger partial charge in [0.05, 0.1) is 18.8 Å². The van der Waals surface area contributed by atoms with Crippen molar-refractivity contribution in [1.82, 2.24) is 9.29 Å². The van der Waals surface area contributed by atoms with Gasteiger partial charge < -0.3 is 4.74 Å². The molecule has 2 fully saturated rings. The van der Waals surface area contributed by atoms with Gasteiger partial charge in [0.1, 0.15) is 11.0 Å². The Bertz CT molecular complexity index is 666. The van der Waals surface area contributed by atoms with Gasteiger partial charge >= 0.3 is 0 Å². The fourth-order valence-corrected chi connectivity index (χ4v) is 4.93. The summed E-state index contributed by atoms with van der Waals surface area (Å²) < 4.78 is 33.0. The molecule has 0 aromatic carbocycles. The van der Waals surface area contributed by atoms with E-state index in [1.807, 2.05) is 6.07 Å². The van der Waals surface area contributed by atoms with E-state index in [1.54, 1.807) is 6.07 Å². The molecule has 0 radical (unpaired) electrons. The molecule has 0 amide bonds. The maximum absolute atomic E-state index is 12.9. The zero-order valence-corrected chi connectivity index (χ0v) is 12.4. The van der Waals surface area contributed by atoms with Crippen LogP contribution in [0.1, 0.15) is 31.4 Å². The fourth-order valence-electron chi connectivity index (χ4n) is 3.17. The van der Waals surface area contributed by atoms with Crippen molar-refractivity contribution in [3.63, 3.8) is 0 Å². The Morgan fingerprint density at radius 2 is 2.19 bits per heavy atom. The summed E-state index contributed by atoms with van der Waals surface area (Å²) in [7, 11) is -3.71. The van der Waals surface area contributed by atoms with E-state index in [4.69, 9.17) is 10.00 Å². The van der Waals surface area contributed by atoms with Crippen molar-refractivity contribution < 1.29 is 13.2 Å². The molecule has 1 aromatic rings. The summed E-state index contributed by atoms with van der Waals surface area (Å²) in [5.41, 5.74) is -0.0450. The molecule has 0 spiro atoms. The molecule has 112 valence electrons. The molecule has 2 heterocycles. The minimum absolute atomic E-state index is 0.00118. The third kappa shape index (κ3) is 2.55. The molecule has 7 heteroatoms. The number of rotatable bonds is 2. The van der Waals surface area contributed by atoms with Gasteiger partial charge in [0, 0.05) is 12.7 Å². The molecule has 21 heavy (non-hydrogen) atoms. The predicted octanol–water partition coefficient (Wildman–Crippen LogP) is 1.29. The van der Waals surface area contributed by atoms with Crippen molar-refractivity contribution >= 4 is 10.0 Å². The Morgan fingerprint density at radius 1 is 1.38 bits per heavy atom. The van der Waals surface area contributed by atoms with Crippen molar-refractivity contribution in [2.45, 2.75) is 42.7 Å². The maximum atomic E-state index is 12.9. The Labute approximate surface area is 124 Å². The zero-order chi connectivity index (χ0) is 14.9. The monoisotopic (exact) mass is 307 g/mol. The first kappa shape index (κ1) is 14.4. The number of ether oxygens (including phenoxy) is 1. The minimum atomic E-state index is -3.71. The second-order valence-electron chi connectivity index (χ2n) is 5.34. The largest absolute Gasteiger partial charge is 0.375 e. The van der Waals surface area contributed by atoms with E-state index >= 15 is 0 Å². The standard InChI is InChI=1S/C14H17N3O3S/c15-10-11-14(6-3-7-16-11)21(18,19)17-8-9-20-13-5-2-1-4-12(13)17/h3,6-7,12-13H,1-2,4-5,8-9H2/t12-,13-/m0/s1.